The standard InChI is InChI=1S/C14H18O3S/c1-16-9-11-18-12-10-17-14-6-4-13(5-7-14)3-2-8-15/h4-7,15H,8-12H2,1H3. The Hall–Kier alpha value is -1.15. The van der Waals surface area contributed by atoms with E-state index in [1.165, 1.54) is 0 Å². The summed E-state index contributed by atoms with van der Waals surface area (Å²) in [6, 6.07) is 7.55. The number of hydrogen-bond acceptors (Lipinski definition) is 4. The van der Waals surface area contributed by atoms with Crippen LogP contribution in [0.25, 0.3) is 0 Å². The first-order valence-corrected chi connectivity index (χ1v) is 6.91. The predicted octanol–water partition coefficient (Wildman–Crippen LogP) is 1.79. The predicted molar refractivity (Wildman–Crippen MR) is 75.1 cm³/mol. The van der Waals surface area contributed by atoms with Crippen LogP contribution in [0.4, 0.5) is 0 Å². The minimum atomic E-state index is -0.114. The van der Waals surface area contributed by atoms with Gasteiger partial charge in [0.1, 0.15) is 12.4 Å². The Bertz CT molecular complexity index is 378. The lowest BCUT2D eigenvalue weighted by Crippen LogP contribution is -2.02. The molecule has 1 rings (SSSR count). The molecule has 0 bridgehead atoms. The highest BCUT2D eigenvalue weighted by Gasteiger charge is 1.94. The molecule has 0 fully saturated rings. The van der Waals surface area contributed by atoms with Gasteiger partial charge in [0.05, 0.1) is 13.2 Å². The molecule has 0 atom stereocenters. The third-order valence-electron chi connectivity index (χ3n) is 2.09. The second-order valence-electron chi connectivity index (χ2n) is 3.44. The van der Waals surface area contributed by atoms with Crippen LogP contribution in [-0.4, -0.2) is 43.5 Å². The summed E-state index contributed by atoms with van der Waals surface area (Å²) < 4.78 is 10.5. The number of ether oxygens (including phenoxy) is 2. The average molecular weight is 266 g/mol. The zero-order valence-corrected chi connectivity index (χ0v) is 11.3. The van der Waals surface area contributed by atoms with Crippen LogP contribution in [0, 0.1) is 11.8 Å². The maximum atomic E-state index is 8.58. The first-order valence-electron chi connectivity index (χ1n) is 5.76. The highest BCUT2D eigenvalue weighted by Crippen LogP contribution is 2.12. The molecule has 1 aromatic rings. The van der Waals surface area contributed by atoms with Gasteiger partial charge in [-0.3, -0.25) is 0 Å². The van der Waals surface area contributed by atoms with Crippen LogP contribution >= 0.6 is 11.8 Å². The van der Waals surface area contributed by atoms with Gasteiger partial charge in [0.25, 0.3) is 0 Å². The normalized spacial score (nSPS) is 9.67. The molecule has 0 radical (unpaired) electrons. The Balaban J connectivity index is 2.22. The van der Waals surface area contributed by atoms with Gasteiger partial charge in [0.2, 0.25) is 0 Å². The zero-order chi connectivity index (χ0) is 13.1. The fourth-order valence-electron chi connectivity index (χ4n) is 1.24. The molecule has 3 nitrogen and oxygen atoms in total. The molecule has 1 aromatic carbocycles. The van der Waals surface area contributed by atoms with Gasteiger partial charge in [0, 0.05) is 24.2 Å². The van der Waals surface area contributed by atoms with E-state index >= 15 is 0 Å². The van der Waals surface area contributed by atoms with Gasteiger partial charge in [-0.2, -0.15) is 11.8 Å². The lowest BCUT2D eigenvalue weighted by Gasteiger charge is -2.05. The summed E-state index contributed by atoms with van der Waals surface area (Å²) in [4.78, 5) is 0. The monoisotopic (exact) mass is 266 g/mol. The molecular formula is C14H18O3S. The van der Waals surface area contributed by atoms with E-state index in [9.17, 15) is 0 Å². The maximum absolute atomic E-state index is 8.58. The van der Waals surface area contributed by atoms with Crippen LogP contribution in [0.3, 0.4) is 0 Å². The fourth-order valence-corrected chi connectivity index (χ4v) is 1.93. The quantitative estimate of drug-likeness (QED) is 0.603. The topological polar surface area (TPSA) is 38.7 Å². The molecule has 0 saturated carbocycles. The molecule has 0 heterocycles. The van der Waals surface area contributed by atoms with E-state index in [4.69, 9.17) is 14.6 Å². The van der Waals surface area contributed by atoms with Crippen LogP contribution in [0.2, 0.25) is 0 Å². The van der Waals surface area contributed by atoms with Crippen LogP contribution in [-0.2, 0) is 4.74 Å². The second kappa shape index (κ2) is 9.84. The van der Waals surface area contributed by atoms with Crippen LogP contribution < -0.4 is 4.74 Å². The summed E-state index contributed by atoms with van der Waals surface area (Å²) in [6.45, 7) is 1.36. The molecule has 0 spiro atoms. The van der Waals surface area contributed by atoms with E-state index in [0.29, 0.717) is 6.61 Å². The smallest absolute Gasteiger partial charge is 0.119 e. The van der Waals surface area contributed by atoms with Crippen molar-refractivity contribution in [1.82, 2.24) is 0 Å². The third-order valence-corrected chi connectivity index (χ3v) is 3.00. The Morgan fingerprint density at radius 2 is 1.89 bits per heavy atom. The van der Waals surface area contributed by atoms with Crippen LogP contribution in [0.5, 0.6) is 5.75 Å². The first kappa shape index (κ1) is 14.9. The van der Waals surface area contributed by atoms with Crippen LogP contribution in [0.15, 0.2) is 24.3 Å². The average Bonchev–Trinajstić information content (AvgIpc) is 2.42. The minimum absolute atomic E-state index is 0.114. The van der Waals surface area contributed by atoms with E-state index < -0.39 is 0 Å². The summed E-state index contributed by atoms with van der Waals surface area (Å²) in [5.74, 6) is 8.24. The highest BCUT2D eigenvalue weighted by atomic mass is 32.2. The molecule has 18 heavy (non-hydrogen) atoms. The van der Waals surface area contributed by atoms with Crippen molar-refractivity contribution in [3.05, 3.63) is 29.8 Å². The number of thioether (sulfide) groups is 1. The van der Waals surface area contributed by atoms with Crippen molar-refractivity contribution in [1.29, 1.82) is 0 Å². The van der Waals surface area contributed by atoms with Crippen molar-refractivity contribution in [3.8, 4) is 17.6 Å². The molecule has 0 saturated heterocycles. The largest absolute Gasteiger partial charge is 0.493 e. The van der Waals surface area contributed by atoms with E-state index in [2.05, 4.69) is 11.8 Å². The molecule has 0 aliphatic heterocycles. The van der Waals surface area contributed by atoms with Crippen LogP contribution in [0.1, 0.15) is 5.56 Å². The highest BCUT2D eigenvalue weighted by molar-refractivity contribution is 7.99. The van der Waals surface area contributed by atoms with E-state index in [0.717, 1.165) is 29.4 Å². The third kappa shape index (κ3) is 6.55. The molecule has 4 heteroatoms. The van der Waals surface area contributed by atoms with Crippen molar-refractivity contribution in [2.24, 2.45) is 0 Å². The van der Waals surface area contributed by atoms with E-state index in [1.54, 1.807) is 7.11 Å². The van der Waals surface area contributed by atoms with Gasteiger partial charge in [-0.05, 0) is 24.3 Å². The lowest BCUT2D eigenvalue weighted by molar-refractivity contribution is 0.218. The number of benzene rings is 1. The van der Waals surface area contributed by atoms with Crippen molar-refractivity contribution in [3.63, 3.8) is 0 Å². The Labute approximate surface area is 112 Å². The zero-order valence-electron chi connectivity index (χ0n) is 10.5. The summed E-state index contributed by atoms with van der Waals surface area (Å²) >= 11 is 1.81. The van der Waals surface area contributed by atoms with Crippen molar-refractivity contribution in [2.75, 3.05) is 38.4 Å². The summed E-state index contributed by atoms with van der Waals surface area (Å²) in [5, 5.41) is 8.58. The van der Waals surface area contributed by atoms with Crippen molar-refractivity contribution >= 4 is 11.8 Å². The Kier molecular flexibility index (Phi) is 8.15. The van der Waals surface area contributed by atoms with Gasteiger partial charge in [0.15, 0.2) is 0 Å². The van der Waals surface area contributed by atoms with E-state index in [1.807, 2.05) is 36.0 Å². The number of aliphatic hydroxyl groups excluding tert-OH is 1. The molecule has 1 N–H and O–H groups in total. The molecule has 0 aliphatic rings. The molecule has 98 valence electrons. The van der Waals surface area contributed by atoms with Gasteiger partial charge >= 0.3 is 0 Å². The number of aliphatic hydroxyl groups is 1. The van der Waals surface area contributed by atoms with E-state index in [-0.39, 0.29) is 6.61 Å². The Morgan fingerprint density at radius 1 is 1.17 bits per heavy atom. The number of rotatable bonds is 7. The van der Waals surface area contributed by atoms with Gasteiger partial charge < -0.3 is 14.6 Å². The second-order valence-corrected chi connectivity index (χ2v) is 4.66. The maximum Gasteiger partial charge on any atom is 0.119 e. The molecular weight excluding hydrogens is 248 g/mol. The summed E-state index contributed by atoms with van der Waals surface area (Å²) in [5.41, 5.74) is 0.880. The van der Waals surface area contributed by atoms with Gasteiger partial charge in [-0.1, -0.05) is 11.8 Å². The molecule has 0 aromatic heterocycles. The van der Waals surface area contributed by atoms with Gasteiger partial charge in [-0.25, -0.2) is 0 Å². The fraction of sp³-hybridized carbons (Fsp3) is 0.429. The number of hydrogen-bond donors (Lipinski definition) is 1. The summed E-state index contributed by atoms with van der Waals surface area (Å²) in [7, 11) is 1.71. The minimum Gasteiger partial charge on any atom is -0.493 e. The van der Waals surface area contributed by atoms with Crippen molar-refractivity contribution in [2.45, 2.75) is 0 Å². The lowest BCUT2D eigenvalue weighted by atomic mass is 10.2. The van der Waals surface area contributed by atoms with Gasteiger partial charge in [-0.15, -0.1) is 0 Å². The SMILES string of the molecule is COCCSCCOc1ccc(C#CCO)cc1. The molecule has 0 amide bonds. The summed E-state index contributed by atoms with van der Waals surface area (Å²) in [6.07, 6.45) is 0. The number of methoxy groups -OCH3 is 1. The van der Waals surface area contributed by atoms with Crippen molar-refractivity contribution < 1.29 is 14.6 Å². The molecule has 0 aliphatic carbocycles. The Morgan fingerprint density at radius 3 is 2.56 bits per heavy atom. The first-order chi connectivity index (χ1) is 8.86. The molecule has 0 unspecified atom stereocenters.